The first-order valence-electron chi connectivity index (χ1n) is 7.87. The van der Waals surface area contributed by atoms with Gasteiger partial charge in [-0.2, -0.15) is 0 Å². The van der Waals surface area contributed by atoms with Crippen molar-refractivity contribution in [1.82, 2.24) is 9.47 Å². The Hall–Kier alpha value is -1.78. The van der Waals surface area contributed by atoms with Gasteiger partial charge >= 0.3 is 0 Å². The number of aryl methyl sites for hydroxylation is 1. The minimum absolute atomic E-state index is 0.0583. The van der Waals surface area contributed by atoms with E-state index >= 15 is 0 Å². The highest BCUT2D eigenvalue weighted by atomic mass is 16.1. The number of hydrogen-bond donors (Lipinski definition) is 1. The summed E-state index contributed by atoms with van der Waals surface area (Å²) in [5.41, 5.74) is 6.09. The minimum atomic E-state index is 0.0583. The van der Waals surface area contributed by atoms with E-state index in [0.717, 1.165) is 44.9 Å². The molecule has 1 aliphatic rings. The molecule has 1 aliphatic heterocycles. The number of hydrogen-bond acceptors (Lipinski definition) is 2. The molecule has 1 aromatic rings. The predicted molar refractivity (Wildman–Crippen MR) is 86.4 cm³/mol. The van der Waals surface area contributed by atoms with E-state index in [2.05, 4.69) is 16.8 Å². The summed E-state index contributed by atoms with van der Waals surface area (Å²) in [6.07, 6.45) is 6.12. The Bertz CT molecular complexity index is 515. The van der Waals surface area contributed by atoms with Gasteiger partial charge in [0, 0.05) is 38.4 Å². The highest BCUT2D eigenvalue weighted by Gasteiger charge is 2.16. The third-order valence-corrected chi connectivity index (χ3v) is 4.09. The van der Waals surface area contributed by atoms with Crippen molar-refractivity contribution in [3.05, 3.63) is 34.7 Å². The van der Waals surface area contributed by atoms with Crippen molar-refractivity contribution in [1.29, 1.82) is 0 Å². The largest absolute Gasteiger partial charge is 0.370 e. The summed E-state index contributed by atoms with van der Waals surface area (Å²) < 4.78 is 1.74. The van der Waals surface area contributed by atoms with Crippen LogP contribution in [0.1, 0.15) is 32.6 Å². The Labute approximate surface area is 126 Å². The second kappa shape index (κ2) is 7.86. The van der Waals surface area contributed by atoms with Crippen molar-refractivity contribution >= 4 is 5.96 Å². The highest BCUT2D eigenvalue weighted by molar-refractivity contribution is 5.78. The van der Waals surface area contributed by atoms with Crippen LogP contribution in [-0.4, -0.2) is 35.1 Å². The average Bonchev–Trinajstić information content (AvgIpc) is 2.49. The number of pyridine rings is 1. The number of guanidine groups is 1. The van der Waals surface area contributed by atoms with Crippen LogP contribution in [0.25, 0.3) is 0 Å². The van der Waals surface area contributed by atoms with Gasteiger partial charge in [-0.05, 0) is 37.7 Å². The van der Waals surface area contributed by atoms with E-state index in [1.165, 1.54) is 12.8 Å². The van der Waals surface area contributed by atoms with E-state index in [9.17, 15) is 4.79 Å². The number of unbranched alkanes of at least 4 members (excludes halogenated alkanes) is 1. The van der Waals surface area contributed by atoms with Crippen molar-refractivity contribution in [3.63, 3.8) is 0 Å². The van der Waals surface area contributed by atoms with Crippen molar-refractivity contribution in [2.75, 3.05) is 19.6 Å². The van der Waals surface area contributed by atoms with Crippen LogP contribution in [0.2, 0.25) is 0 Å². The molecule has 5 heteroatoms. The lowest BCUT2D eigenvalue weighted by Gasteiger charge is -2.31. The van der Waals surface area contributed by atoms with Crippen LogP contribution < -0.4 is 11.3 Å². The molecule has 0 unspecified atom stereocenters. The molecule has 0 atom stereocenters. The molecule has 116 valence electrons. The lowest BCUT2D eigenvalue weighted by atomic mass is 10.00. The number of aliphatic imine (C=N–C) groups is 1. The fourth-order valence-electron chi connectivity index (χ4n) is 2.57. The van der Waals surface area contributed by atoms with Gasteiger partial charge in [0.2, 0.25) is 5.56 Å². The molecule has 1 fully saturated rings. The van der Waals surface area contributed by atoms with Crippen molar-refractivity contribution in [3.8, 4) is 0 Å². The number of likely N-dealkylation sites (tertiary alicyclic amines) is 1. The molecule has 1 saturated heterocycles. The molecule has 5 nitrogen and oxygen atoms in total. The van der Waals surface area contributed by atoms with E-state index < -0.39 is 0 Å². The number of aromatic nitrogens is 1. The standard InChI is InChI=1S/C16H26N4O/c1-14-7-12-20(13-8-14)16(17)18-9-3-5-11-19-10-4-2-6-15(19)21/h2,4,6,10,14H,3,5,7-9,11-13H2,1H3,(H2,17,18). The normalized spacial score (nSPS) is 17.2. The maximum Gasteiger partial charge on any atom is 0.250 e. The third kappa shape index (κ3) is 4.92. The van der Waals surface area contributed by atoms with E-state index in [1.807, 2.05) is 12.3 Å². The minimum Gasteiger partial charge on any atom is -0.370 e. The molecule has 2 rings (SSSR count). The van der Waals surface area contributed by atoms with Crippen molar-refractivity contribution < 1.29 is 0 Å². The van der Waals surface area contributed by atoms with Gasteiger partial charge in [0.1, 0.15) is 0 Å². The molecule has 0 aliphatic carbocycles. The van der Waals surface area contributed by atoms with Gasteiger partial charge in [0.25, 0.3) is 0 Å². The third-order valence-electron chi connectivity index (χ3n) is 4.09. The second-order valence-corrected chi connectivity index (χ2v) is 5.85. The number of nitrogens with zero attached hydrogens (tertiary/aromatic N) is 3. The molecular weight excluding hydrogens is 264 g/mol. The summed E-state index contributed by atoms with van der Waals surface area (Å²) in [6, 6.07) is 5.24. The van der Waals surface area contributed by atoms with E-state index in [-0.39, 0.29) is 5.56 Å². The zero-order valence-electron chi connectivity index (χ0n) is 12.9. The predicted octanol–water partition coefficient (Wildman–Crippen LogP) is 1.68. The fourth-order valence-corrected chi connectivity index (χ4v) is 2.57. The molecule has 1 aromatic heterocycles. The summed E-state index contributed by atoms with van der Waals surface area (Å²) in [6.45, 7) is 5.82. The first kappa shape index (κ1) is 15.6. The number of piperidine rings is 1. The molecule has 0 saturated carbocycles. The Morgan fingerprint density at radius 1 is 1.33 bits per heavy atom. The van der Waals surface area contributed by atoms with Gasteiger partial charge in [-0.3, -0.25) is 9.79 Å². The van der Waals surface area contributed by atoms with E-state index in [4.69, 9.17) is 5.73 Å². The number of rotatable bonds is 5. The van der Waals surface area contributed by atoms with Crippen molar-refractivity contribution in [2.45, 2.75) is 39.2 Å². The fraction of sp³-hybridized carbons (Fsp3) is 0.625. The summed E-state index contributed by atoms with van der Waals surface area (Å²) in [7, 11) is 0. The van der Waals surface area contributed by atoms with Gasteiger partial charge in [-0.15, -0.1) is 0 Å². The smallest absolute Gasteiger partial charge is 0.250 e. The summed E-state index contributed by atoms with van der Waals surface area (Å²) >= 11 is 0. The molecule has 0 amide bonds. The molecular formula is C16H26N4O. The summed E-state index contributed by atoms with van der Waals surface area (Å²) in [4.78, 5) is 18.2. The Kier molecular flexibility index (Phi) is 5.84. The maximum atomic E-state index is 11.5. The van der Waals surface area contributed by atoms with Crippen LogP contribution in [-0.2, 0) is 6.54 Å². The van der Waals surface area contributed by atoms with Gasteiger partial charge in [0.15, 0.2) is 5.96 Å². The summed E-state index contributed by atoms with van der Waals surface area (Å²) in [5, 5.41) is 0. The van der Waals surface area contributed by atoms with Crippen LogP contribution in [0.4, 0.5) is 0 Å². The van der Waals surface area contributed by atoms with E-state index in [1.54, 1.807) is 16.7 Å². The monoisotopic (exact) mass is 290 g/mol. The first-order chi connectivity index (χ1) is 10.2. The Morgan fingerprint density at radius 2 is 2.10 bits per heavy atom. The van der Waals surface area contributed by atoms with Gasteiger partial charge in [-0.1, -0.05) is 13.0 Å². The Morgan fingerprint density at radius 3 is 2.81 bits per heavy atom. The topological polar surface area (TPSA) is 63.6 Å². The molecule has 0 bridgehead atoms. The van der Waals surface area contributed by atoms with Gasteiger partial charge in [-0.25, -0.2) is 0 Å². The van der Waals surface area contributed by atoms with Crippen LogP contribution in [0, 0.1) is 5.92 Å². The van der Waals surface area contributed by atoms with Crippen LogP contribution in [0.15, 0.2) is 34.2 Å². The second-order valence-electron chi connectivity index (χ2n) is 5.85. The molecule has 0 spiro atoms. The van der Waals surface area contributed by atoms with E-state index in [0.29, 0.717) is 5.96 Å². The first-order valence-corrected chi connectivity index (χ1v) is 7.87. The number of nitrogens with two attached hydrogens (primary N) is 1. The lowest BCUT2D eigenvalue weighted by molar-refractivity contribution is 0.277. The van der Waals surface area contributed by atoms with Gasteiger partial charge in [0.05, 0.1) is 0 Å². The lowest BCUT2D eigenvalue weighted by Crippen LogP contribution is -2.42. The zero-order valence-corrected chi connectivity index (χ0v) is 12.9. The Balaban J connectivity index is 1.68. The molecule has 2 N–H and O–H groups in total. The molecule has 21 heavy (non-hydrogen) atoms. The van der Waals surface area contributed by atoms with Crippen LogP contribution in [0.5, 0.6) is 0 Å². The molecule has 2 heterocycles. The molecule has 0 radical (unpaired) electrons. The quantitative estimate of drug-likeness (QED) is 0.510. The SMILES string of the molecule is CC1CCN(C(N)=NCCCCn2ccccc2=O)CC1. The van der Waals surface area contributed by atoms with Crippen LogP contribution in [0.3, 0.4) is 0 Å². The zero-order chi connectivity index (χ0) is 15.1. The maximum absolute atomic E-state index is 11.5. The molecule has 0 aromatic carbocycles. The van der Waals surface area contributed by atoms with Gasteiger partial charge < -0.3 is 15.2 Å². The van der Waals surface area contributed by atoms with Crippen molar-refractivity contribution in [2.24, 2.45) is 16.6 Å². The highest BCUT2D eigenvalue weighted by Crippen LogP contribution is 2.15. The summed E-state index contributed by atoms with van der Waals surface area (Å²) in [5.74, 6) is 1.48. The van der Waals surface area contributed by atoms with Crippen LogP contribution >= 0.6 is 0 Å². The average molecular weight is 290 g/mol.